The summed E-state index contributed by atoms with van der Waals surface area (Å²) in [5.41, 5.74) is 2.81. The van der Waals surface area contributed by atoms with Crippen LogP contribution in [0.2, 0.25) is 0 Å². The van der Waals surface area contributed by atoms with Crippen molar-refractivity contribution in [2.75, 3.05) is 13.2 Å². The van der Waals surface area contributed by atoms with Crippen molar-refractivity contribution >= 4 is 27.7 Å². The van der Waals surface area contributed by atoms with Crippen LogP contribution in [0.1, 0.15) is 44.4 Å². The Balaban J connectivity index is 1.92. The number of rotatable bonds is 10. The van der Waals surface area contributed by atoms with Crippen molar-refractivity contribution in [1.29, 1.82) is 0 Å². The van der Waals surface area contributed by atoms with Gasteiger partial charge in [-0.15, -0.1) is 0 Å². The molecule has 0 spiro atoms. The van der Waals surface area contributed by atoms with Gasteiger partial charge in [0, 0.05) is 24.0 Å². The molecule has 0 aliphatic carbocycles. The van der Waals surface area contributed by atoms with E-state index in [1.807, 2.05) is 85.8 Å². The molecule has 0 aliphatic rings. The van der Waals surface area contributed by atoms with Crippen molar-refractivity contribution in [3.63, 3.8) is 0 Å². The number of ether oxygens (including phenoxy) is 1. The number of nitrogens with zero attached hydrogens (tertiary/aromatic N) is 1. The van der Waals surface area contributed by atoms with E-state index in [2.05, 4.69) is 42.0 Å². The lowest BCUT2D eigenvalue weighted by molar-refractivity contribution is -0.142. The van der Waals surface area contributed by atoms with Crippen LogP contribution in [-0.2, 0) is 28.0 Å². The molecule has 0 fully saturated rings. The van der Waals surface area contributed by atoms with E-state index in [9.17, 15) is 9.59 Å². The molecular formula is C30H35BrN2O3. The zero-order valence-corrected chi connectivity index (χ0v) is 23.0. The summed E-state index contributed by atoms with van der Waals surface area (Å²) in [6.45, 7) is 8.83. The number of hydrogen-bond acceptors (Lipinski definition) is 3. The van der Waals surface area contributed by atoms with Crippen molar-refractivity contribution in [3.05, 3.63) is 100 Å². The fraction of sp³-hybridized carbons (Fsp3) is 0.333. The first-order valence-corrected chi connectivity index (χ1v) is 13.1. The van der Waals surface area contributed by atoms with E-state index >= 15 is 0 Å². The number of hydrogen-bond donors (Lipinski definition) is 1. The SMILES string of the molecule is CCNC(=O)C(Cc1ccccc1)N(Cc1cccc(Br)c1)C(=O)COc1ccccc1C(C)(C)C. The maximum atomic E-state index is 13.7. The van der Waals surface area contributed by atoms with Gasteiger partial charge in [0.2, 0.25) is 5.91 Å². The number of likely N-dealkylation sites (N-methyl/N-ethyl adjacent to an activating group) is 1. The minimum Gasteiger partial charge on any atom is -0.483 e. The highest BCUT2D eigenvalue weighted by Crippen LogP contribution is 2.31. The van der Waals surface area contributed by atoms with E-state index in [1.165, 1.54) is 0 Å². The minimum atomic E-state index is -0.680. The number of nitrogens with one attached hydrogen (secondary N) is 1. The quantitative estimate of drug-likeness (QED) is 0.341. The first-order valence-electron chi connectivity index (χ1n) is 12.3. The van der Waals surface area contributed by atoms with E-state index in [4.69, 9.17) is 4.74 Å². The van der Waals surface area contributed by atoms with Crippen LogP contribution in [0, 0.1) is 0 Å². The zero-order chi connectivity index (χ0) is 26.1. The Bertz CT molecular complexity index is 1160. The topological polar surface area (TPSA) is 58.6 Å². The van der Waals surface area contributed by atoms with Crippen molar-refractivity contribution in [2.45, 2.75) is 52.1 Å². The molecule has 190 valence electrons. The van der Waals surface area contributed by atoms with Gasteiger partial charge in [-0.3, -0.25) is 9.59 Å². The smallest absolute Gasteiger partial charge is 0.261 e. The second kappa shape index (κ2) is 12.7. The van der Waals surface area contributed by atoms with Crippen molar-refractivity contribution < 1.29 is 14.3 Å². The van der Waals surface area contributed by atoms with Gasteiger partial charge >= 0.3 is 0 Å². The molecule has 3 aromatic carbocycles. The Kier molecular flexibility index (Phi) is 9.71. The lowest BCUT2D eigenvalue weighted by atomic mass is 9.86. The van der Waals surface area contributed by atoms with Gasteiger partial charge in [0.15, 0.2) is 6.61 Å². The normalized spacial score (nSPS) is 12.0. The molecule has 1 N–H and O–H groups in total. The van der Waals surface area contributed by atoms with Crippen LogP contribution in [0.5, 0.6) is 5.75 Å². The van der Waals surface area contributed by atoms with E-state index in [-0.39, 0.29) is 30.4 Å². The highest BCUT2D eigenvalue weighted by Gasteiger charge is 2.31. The van der Waals surface area contributed by atoms with Crippen molar-refractivity contribution in [3.8, 4) is 5.75 Å². The minimum absolute atomic E-state index is 0.132. The molecule has 3 aromatic rings. The molecule has 0 bridgehead atoms. The van der Waals surface area contributed by atoms with Gasteiger partial charge in [-0.05, 0) is 47.2 Å². The van der Waals surface area contributed by atoms with Gasteiger partial charge in [-0.2, -0.15) is 0 Å². The van der Waals surface area contributed by atoms with Crippen LogP contribution < -0.4 is 10.1 Å². The molecule has 5 nitrogen and oxygen atoms in total. The standard InChI is InChI=1S/C30H35BrN2O3/c1-5-32-29(35)26(19-22-12-7-6-8-13-22)33(20-23-14-11-15-24(31)18-23)28(34)21-36-27-17-10-9-16-25(27)30(2,3)4/h6-18,26H,5,19-21H2,1-4H3,(H,32,35). The monoisotopic (exact) mass is 550 g/mol. The third kappa shape index (κ3) is 7.69. The van der Waals surface area contributed by atoms with Gasteiger partial charge < -0.3 is 15.0 Å². The Morgan fingerprint density at radius 3 is 2.28 bits per heavy atom. The largest absolute Gasteiger partial charge is 0.483 e. The average Bonchev–Trinajstić information content (AvgIpc) is 2.85. The molecule has 36 heavy (non-hydrogen) atoms. The van der Waals surface area contributed by atoms with Crippen molar-refractivity contribution in [2.24, 2.45) is 0 Å². The second-order valence-corrected chi connectivity index (χ2v) is 10.7. The van der Waals surface area contributed by atoms with E-state index < -0.39 is 6.04 Å². The molecule has 1 unspecified atom stereocenters. The summed E-state index contributed by atoms with van der Waals surface area (Å²) in [7, 11) is 0. The predicted octanol–water partition coefficient (Wildman–Crippen LogP) is 5.90. The Hall–Kier alpha value is -3.12. The van der Waals surface area contributed by atoms with Gasteiger partial charge in [-0.25, -0.2) is 0 Å². The lowest BCUT2D eigenvalue weighted by Crippen LogP contribution is -2.51. The summed E-state index contributed by atoms with van der Waals surface area (Å²) in [5, 5.41) is 2.92. The summed E-state index contributed by atoms with van der Waals surface area (Å²) in [6, 6.07) is 24.7. The predicted molar refractivity (Wildman–Crippen MR) is 148 cm³/mol. The van der Waals surface area contributed by atoms with Crippen LogP contribution in [0.4, 0.5) is 0 Å². The summed E-state index contributed by atoms with van der Waals surface area (Å²) in [6.07, 6.45) is 0.408. The summed E-state index contributed by atoms with van der Waals surface area (Å²) < 4.78 is 6.99. The molecule has 6 heteroatoms. The van der Waals surface area contributed by atoms with Crippen LogP contribution >= 0.6 is 15.9 Å². The van der Waals surface area contributed by atoms with Gasteiger partial charge in [0.25, 0.3) is 5.91 Å². The van der Waals surface area contributed by atoms with Crippen LogP contribution in [0.25, 0.3) is 0 Å². The molecule has 0 saturated carbocycles. The maximum absolute atomic E-state index is 13.7. The maximum Gasteiger partial charge on any atom is 0.261 e. The Labute approximate surface area is 223 Å². The molecule has 2 amide bonds. The lowest BCUT2D eigenvalue weighted by Gasteiger charge is -2.32. The van der Waals surface area contributed by atoms with E-state index in [0.29, 0.717) is 18.7 Å². The molecule has 0 radical (unpaired) electrons. The second-order valence-electron chi connectivity index (χ2n) is 9.79. The van der Waals surface area contributed by atoms with Gasteiger partial charge in [0.05, 0.1) is 0 Å². The molecule has 1 atom stereocenters. The zero-order valence-electron chi connectivity index (χ0n) is 21.5. The van der Waals surface area contributed by atoms with Crippen molar-refractivity contribution in [1.82, 2.24) is 10.2 Å². The third-order valence-electron chi connectivity index (χ3n) is 5.91. The average molecular weight is 552 g/mol. The number of carbonyl (C=O) groups excluding carboxylic acids is 2. The van der Waals surface area contributed by atoms with E-state index in [0.717, 1.165) is 21.2 Å². The Morgan fingerprint density at radius 1 is 0.944 bits per heavy atom. The number of halogens is 1. The van der Waals surface area contributed by atoms with E-state index in [1.54, 1.807) is 4.90 Å². The molecular weight excluding hydrogens is 516 g/mol. The highest BCUT2D eigenvalue weighted by molar-refractivity contribution is 9.10. The van der Waals surface area contributed by atoms with Crippen LogP contribution in [0.15, 0.2) is 83.3 Å². The first-order chi connectivity index (χ1) is 17.2. The molecule has 3 rings (SSSR count). The molecule has 0 aromatic heterocycles. The summed E-state index contributed by atoms with van der Waals surface area (Å²) in [5.74, 6) is 0.254. The number of para-hydroxylation sites is 1. The molecule has 0 heterocycles. The Morgan fingerprint density at radius 2 is 1.61 bits per heavy atom. The van der Waals surface area contributed by atoms with Gasteiger partial charge in [0.1, 0.15) is 11.8 Å². The van der Waals surface area contributed by atoms with Gasteiger partial charge in [-0.1, -0.05) is 97.4 Å². The first kappa shape index (κ1) is 27.5. The number of benzene rings is 3. The number of carbonyl (C=O) groups is 2. The fourth-order valence-electron chi connectivity index (χ4n) is 4.11. The fourth-order valence-corrected chi connectivity index (χ4v) is 4.56. The van der Waals surface area contributed by atoms with Crippen LogP contribution in [-0.4, -0.2) is 35.9 Å². The highest BCUT2D eigenvalue weighted by atomic mass is 79.9. The van der Waals surface area contributed by atoms with Crippen LogP contribution in [0.3, 0.4) is 0 Å². The molecule has 0 saturated heterocycles. The number of amides is 2. The summed E-state index contributed by atoms with van der Waals surface area (Å²) >= 11 is 3.51. The molecule has 0 aliphatic heterocycles. The third-order valence-corrected chi connectivity index (χ3v) is 6.40. The summed E-state index contributed by atoms with van der Waals surface area (Å²) in [4.78, 5) is 28.6.